The summed E-state index contributed by atoms with van der Waals surface area (Å²) in [6.45, 7) is 3.72. The zero-order valence-corrected chi connectivity index (χ0v) is 17.3. The predicted molar refractivity (Wildman–Crippen MR) is 113 cm³/mol. The number of carbonyl (C=O) groups excluding carboxylic acids is 2. The molecule has 0 saturated carbocycles. The highest BCUT2D eigenvalue weighted by Crippen LogP contribution is 2.34. The van der Waals surface area contributed by atoms with E-state index >= 15 is 0 Å². The number of nitrogens with zero attached hydrogens (tertiary/aromatic N) is 1. The number of ether oxygens (including phenoxy) is 1. The summed E-state index contributed by atoms with van der Waals surface area (Å²) < 4.78 is 5.44. The van der Waals surface area contributed by atoms with Crippen LogP contribution in [0.25, 0.3) is 0 Å². The van der Waals surface area contributed by atoms with Gasteiger partial charge < -0.3 is 9.64 Å². The van der Waals surface area contributed by atoms with E-state index in [4.69, 9.17) is 4.74 Å². The average Bonchev–Trinajstić information content (AvgIpc) is 2.93. The number of methoxy groups -OCH3 is 1. The summed E-state index contributed by atoms with van der Waals surface area (Å²) in [5, 5.41) is 0. The van der Waals surface area contributed by atoms with E-state index in [0.29, 0.717) is 25.2 Å². The van der Waals surface area contributed by atoms with Crippen LogP contribution < -0.4 is 4.74 Å². The van der Waals surface area contributed by atoms with Gasteiger partial charge in [0.15, 0.2) is 5.78 Å². The molecule has 2 aromatic carbocycles. The van der Waals surface area contributed by atoms with Crippen molar-refractivity contribution in [3.63, 3.8) is 0 Å². The maximum absolute atomic E-state index is 13.2. The molecule has 0 spiro atoms. The number of amides is 1. The fourth-order valence-electron chi connectivity index (χ4n) is 4.96. The molecule has 1 amide bonds. The third-order valence-corrected chi connectivity index (χ3v) is 6.61. The Morgan fingerprint density at radius 3 is 2.52 bits per heavy atom. The van der Waals surface area contributed by atoms with Gasteiger partial charge in [-0.15, -0.1) is 0 Å². The standard InChI is InChI=1S/C25H29NO3/c1-17-6-3-4-7-20(17)18-12-14-26(15-13-18)25(28)19-10-11-22-21(23(27)16-19)8-5-9-24(22)29-2/h3-9,18-19H,10-16H2,1-2H3. The Bertz CT molecular complexity index is 912. The third kappa shape index (κ3) is 3.93. The molecule has 1 saturated heterocycles. The largest absolute Gasteiger partial charge is 0.496 e. The van der Waals surface area contributed by atoms with E-state index in [1.807, 2.05) is 23.1 Å². The Balaban J connectivity index is 1.42. The quantitative estimate of drug-likeness (QED) is 0.722. The Hall–Kier alpha value is -2.62. The molecule has 0 aromatic heterocycles. The van der Waals surface area contributed by atoms with Crippen molar-refractivity contribution in [2.24, 2.45) is 5.92 Å². The van der Waals surface area contributed by atoms with Gasteiger partial charge in [0.25, 0.3) is 0 Å². The van der Waals surface area contributed by atoms with Gasteiger partial charge in [0.1, 0.15) is 5.75 Å². The van der Waals surface area contributed by atoms with Crippen LogP contribution in [0.15, 0.2) is 42.5 Å². The van der Waals surface area contributed by atoms with Gasteiger partial charge >= 0.3 is 0 Å². The summed E-state index contributed by atoms with van der Waals surface area (Å²) >= 11 is 0. The van der Waals surface area contributed by atoms with Crippen molar-refractivity contribution in [2.75, 3.05) is 20.2 Å². The minimum atomic E-state index is -0.227. The topological polar surface area (TPSA) is 46.6 Å². The normalized spacial score (nSPS) is 20.1. The number of Topliss-reactive ketones (excluding diaryl/α,β-unsaturated/α-hetero) is 1. The fraction of sp³-hybridized carbons (Fsp3) is 0.440. The molecule has 0 bridgehead atoms. The number of ketones is 1. The number of hydrogen-bond donors (Lipinski definition) is 0. The van der Waals surface area contributed by atoms with Crippen molar-refractivity contribution in [3.05, 3.63) is 64.7 Å². The Kier molecular flexibility index (Phi) is 5.70. The van der Waals surface area contributed by atoms with Crippen LogP contribution in [0.1, 0.15) is 58.6 Å². The maximum atomic E-state index is 13.2. The lowest BCUT2D eigenvalue weighted by Gasteiger charge is -2.34. The van der Waals surface area contributed by atoms with Crippen LogP contribution in [-0.2, 0) is 11.2 Å². The number of aryl methyl sites for hydroxylation is 1. The number of carbonyl (C=O) groups is 2. The van der Waals surface area contributed by atoms with Gasteiger partial charge in [-0.25, -0.2) is 0 Å². The Labute approximate surface area is 172 Å². The number of benzene rings is 2. The molecule has 1 unspecified atom stereocenters. The predicted octanol–water partition coefficient (Wildman–Crippen LogP) is 4.55. The molecule has 29 heavy (non-hydrogen) atoms. The average molecular weight is 392 g/mol. The highest BCUT2D eigenvalue weighted by molar-refractivity contribution is 6.01. The van der Waals surface area contributed by atoms with Gasteiger partial charge in [0, 0.05) is 36.6 Å². The van der Waals surface area contributed by atoms with Gasteiger partial charge in [-0.2, -0.15) is 0 Å². The molecule has 1 atom stereocenters. The molecule has 4 heteroatoms. The summed E-state index contributed by atoms with van der Waals surface area (Å²) in [4.78, 5) is 28.0. The van der Waals surface area contributed by atoms with E-state index in [-0.39, 0.29) is 17.6 Å². The first-order valence-electron chi connectivity index (χ1n) is 10.6. The van der Waals surface area contributed by atoms with Crippen LogP contribution in [0.2, 0.25) is 0 Å². The van der Waals surface area contributed by atoms with Crippen molar-refractivity contribution < 1.29 is 14.3 Å². The second kappa shape index (κ2) is 8.40. The Morgan fingerprint density at radius 1 is 1.03 bits per heavy atom. The summed E-state index contributed by atoms with van der Waals surface area (Å²) in [5.74, 6) is 1.25. The smallest absolute Gasteiger partial charge is 0.226 e. The number of rotatable bonds is 3. The van der Waals surface area contributed by atoms with Crippen LogP contribution in [-0.4, -0.2) is 36.8 Å². The second-order valence-electron chi connectivity index (χ2n) is 8.31. The zero-order valence-electron chi connectivity index (χ0n) is 17.3. The molecule has 1 fully saturated rings. The first-order valence-corrected chi connectivity index (χ1v) is 10.6. The van der Waals surface area contributed by atoms with Gasteiger partial charge in [-0.05, 0) is 55.7 Å². The van der Waals surface area contributed by atoms with Crippen molar-refractivity contribution in [1.82, 2.24) is 4.90 Å². The second-order valence-corrected chi connectivity index (χ2v) is 8.31. The molecule has 4 rings (SSSR count). The first-order chi connectivity index (χ1) is 14.1. The fourth-order valence-corrected chi connectivity index (χ4v) is 4.96. The summed E-state index contributed by atoms with van der Waals surface area (Å²) in [6.07, 6.45) is 3.70. The molecule has 1 aliphatic carbocycles. The van der Waals surface area contributed by atoms with Crippen LogP contribution in [0.3, 0.4) is 0 Å². The molecule has 152 valence electrons. The van der Waals surface area contributed by atoms with Gasteiger partial charge in [-0.1, -0.05) is 36.4 Å². The molecular weight excluding hydrogens is 362 g/mol. The molecule has 2 aromatic rings. The third-order valence-electron chi connectivity index (χ3n) is 6.61. The highest BCUT2D eigenvalue weighted by atomic mass is 16.5. The highest BCUT2D eigenvalue weighted by Gasteiger charge is 2.33. The van der Waals surface area contributed by atoms with Gasteiger partial charge in [0.2, 0.25) is 5.91 Å². The number of likely N-dealkylation sites (tertiary alicyclic amines) is 1. The van der Waals surface area contributed by atoms with Crippen molar-refractivity contribution in [2.45, 2.75) is 44.9 Å². The minimum absolute atomic E-state index is 0.0598. The number of fused-ring (bicyclic) bond motifs is 1. The number of piperidine rings is 1. The number of hydrogen-bond acceptors (Lipinski definition) is 3. The molecular formula is C25H29NO3. The van der Waals surface area contributed by atoms with Gasteiger partial charge in [-0.3, -0.25) is 9.59 Å². The lowest BCUT2D eigenvalue weighted by molar-refractivity contribution is -0.136. The van der Waals surface area contributed by atoms with Crippen LogP contribution in [0, 0.1) is 12.8 Å². The molecule has 4 nitrogen and oxygen atoms in total. The summed E-state index contributed by atoms with van der Waals surface area (Å²) in [7, 11) is 1.63. The Morgan fingerprint density at radius 2 is 1.79 bits per heavy atom. The maximum Gasteiger partial charge on any atom is 0.226 e. The van der Waals surface area contributed by atoms with Crippen LogP contribution in [0.4, 0.5) is 0 Å². The van der Waals surface area contributed by atoms with E-state index in [1.54, 1.807) is 7.11 Å². The molecule has 0 N–H and O–H groups in total. The van der Waals surface area contributed by atoms with E-state index < -0.39 is 0 Å². The summed E-state index contributed by atoms with van der Waals surface area (Å²) in [5.41, 5.74) is 4.41. The monoisotopic (exact) mass is 391 g/mol. The lowest BCUT2D eigenvalue weighted by Crippen LogP contribution is -2.41. The van der Waals surface area contributed by atoms with Crippen molar-refractivity contribution in [1.29, 1.82) is 0 Å². The van der Waals surface area contributed by atoms with E-state index in [9.17, 15) is 9.59 Å². The molecule has 0 radical (unpaired) electrons. The van der Waals surface area contributed by atoms with Crippen LogP contribution >= 0.6 is 0 Å². The minimum Gasteiger partial charge on any atom is -0.496 e. The zero-order chi connectivity index (χ0) is 20.4. The lowest BCUT2D eigenvalue weighted by atomic mass is 9.86. The SMILES string of the molecule is COc1cccc2c1CCC(C(=O)N1CCC(c3ccccc3C)CC1)CC2=O. The van der Waals surface area contributed by atoms with Crippen molar-refractivity contribution in [3.8, 4) is 5.75 Å². The molecule has 1 heterocycles. The molecule has 2 aliphatic rings. The first kappa shape index (κ1) is 19.7. The van der Waals surface area contributed by atoms with E-state index in [2.05, 4.69) is 31.2 Å². The summed E-state index contributed by atoms with van der Waals surface area (Å²) in [6, 6.07) is 14.2. The van der Waals surface area contributed by atoms with E-state index in [0.717, 1.165) is 42.8 Å². The van der Waals surface area contributed by atoms with Gasteiger partial charge in [0.05, 0.1) is 7.11 Å². The molecule has 1 aliphatic heterocycles. The van der Waals surface area contributed by atoms with Crippen LogP contribution in [0.5, 0.6) is 5.75 Å². The van der Waals surface area contributed by atoms with E-state index in [1.165, 1.54) is 11.1 Å². The van der Waals surface area contributed by atoms with Crippen molar-refractivity contribution >= 4 is 11.7 Å².